The van der Waals surface area contributed by atoms with E-state index in [0.29, 0.717) is 18.5 Å². The van der Waals surface area contributed by atoms with Crippen LogP contribution in [-0.2, 0) is 16.1 Å². The largest absolute Gasteiger partial charge is 0.300 e. The summed E-state index contributed by atoms with van der Waals surface area (Å²) in [5, 5.41) is 13.4. The molecule has 3 rings (SSSR count). The van der Waals surface area contributed by atoms with Crippen LogP contribution < -0.4 is 5.06 Å². The van der Waals surface area contributed by atoms with Crippen molar-refractivity contribution in [3.8, 4) is 0 Å². The molecule has 27 heavy (non-hydrogen) atoms. The van der Waals surface area contributed by atoms with Crippen LogP contribution in [0.15, 0.2) is 57.5 Å². The number of nitrogens with zero attached hydrogens (tertiary/aromatic N) is 2. The Hall–Kier alpha value is -1.77. The number of halogens is 2. The van der Waals surface area contributed by atoms with Gasteiger partial charge in [-0.1, -0.05) is 44.0 Å². The molecule has 1 aliphatic heterocycles. The Bertz CT molecular complexity index is 798. The number of nitro groups is 1. The van der Waals surface area contributed by atoms with Crippen molar-refractivity contribution in [2.75, 3.05) is 5.06 Å². The first-order chi connectivity index (χ1) is 13.0. The molecule has 0 radical (unpaired) electrons. The van der Waals surface area contributed by atoms with Gasteiger partial charge < -0.3 is 4.79 Å². The van der Waals surface area contributed by atoms with Gasteiger partial charge in [0, 0.05) is 20.3 Å². The quantitative estimate of drug-likeness (QED) is 0.332. The fraction of sp³-hybridized carbons (Fsp3) is 0.316. The molecular formula is C19H18Br2N2O4. The standard InChI is InChI=1S/C19H18Br2N2O4/c20-14-3-1-13(2-4-14)11-19(23(25)26)18-10-9-17(12-24)27-22(18)16-7-5-15(21)6-8-16/h1-8,12,17-19H,9-11H2/t17-,18-,19?/m1/s1. The molecule has 2 aromatic rings. The van der Waals surface area contributed by atoms with E-state index in [1.807, 2.05) is 48.5 Å². The third-order valence-electron chi connectivity index (χ3n) is 4.60. The SMILES string of the molecule is O=C[C@H]1CC[C@H](C(Cc2ccc(Br)cc2)[N+](=O)[O-])N(c2ccc(Br)cc2)O1. The molecule has 0 saturated carbocycles. The molecule has 2 aromatic carbocycles. The number of hydroxylamine groups is 1. The molecule has 0 aliphatic carbocycles. The maximum Gasteiger partial charge on any atom is 0.239 e. The third kappa shape index (κ3) is 4.94. The summed E-state index contributed by atoms with van der Waals surface area (Å²) in [5.74, 6) is 0. The lowest BCUT2D eigenvalue weighted by molar-refractivity contribution is -0.527. The summed E-state index contributed by atoms with van der Waals surface area (Å²) < 4.78 is 1.82. The molecule has 6 nitrogen and oxygen atoms in total. The predicted molar refractivity (Wildman–Crippen MR) is 109 cm³/mol. The zero-order chi connectivity index (χ0) is 19.4. The molecule has 0 aromatic heterocycles. The second-order valence-electron chi connectivity index (χ2n) is 6.41. The van der Waals surface area contributed by atoms with Crippen LogP contribution in [0.3, 0.4) is 0 Å². The van der Waals surface area contributed by atoms with Crippen molar-refractivity contribution >= 4 is 43.8 Å². The fourth-order valence-corrected chi connectivity index (χ4v) is 3.75. The number of aldehydes is 1. The van der Waals surface area contributed by atoms with Crippen LogP contribution in [0.2, 0.25) is 0 Å². The molecule has 0 N–H and O–H groups in total. The zero-order valence-electron chi connectivity index (χ0n) is 14.3. The van der Waals surface area contributed by atoms with Crippen LogP contribution in [0.25, 0.3) is 0 Å². The van der Waals surface area contributed by atoms with Gasteiger partial charge in [0.15, 0.2) is 6.29 Å². The number of hydrogen-bond acceptors (Lipinski definition) is 5. The molecule has 0 amide bonds. The number of carbonyl (C=O) groups excluding carboxylic acids is 1. The van der Waals surface area contributed by atoms with Crippen molar-refractivity contribution < 1.29 is 14.6 Å². The maximum absolute atomic E-state index is 11.9. The van der Waals surface area contributed by atoms with Gasteiger partial charge in [-0.15, -0.1) is 0 Å². The van der Waals surface area contributed by atoms with E-state index in [9.17, 15) is 14.9 Å². The van der Waals surface area contributed by atoms with Gasteiger partial charge in [-0.3, -0.25) is 15.0 Å². The van der Waals surface area contributed by atoms with Gasteiger partial charge in [-0.25, -0.2) is 5.06 Å². The third-order valence-corrected chi connectivity index (χ3v) is 5.66. The predicted octanol–water partition coefficient (Wildman–Crippen LogP) is 4.57. The molecule has 8 heteroatoms. The first-order valence-corrected chi connectivity index (χ1v) is 10.1. The Morgan fingerprint density at radius 2 is 1.70 bits per heavy atom. The fourth-order valence-electron chi connectivity index (χ4n) is 3.22. The van der Waals surface area contributed by atoms with Crippen LogP contribution in [0, 0.1) is 10.1 Å². The molecule has 3 atom stereocenters. The highest BCUT2D eigenvalue weighted by Gasteiger charge is 2.41. The highest BCUT2D eigenvalue weighted by Crippen LogP contribution is 2.31. The van der Waals surface area contributed by atoms with Crippen molar-refractivity contribution in [3.63, 3.8) is 0 Å². The summed E-state index contributed by atoms with van der Waals surface area (Å²) >= 11 is 6.76. The van der Waals surface area contributed by atoms with Crippen molar-refractivity contribution in [2.24, 2.45) is 0 Å². The summed E-state index contributed by atoms with van der Waals surface area (Å²) in [6.07, 6.45) is 1.41. The minimum absolute atomic E-state index is 0.247. The minimum Gasteiger partial charge on any atom is -0.300 e. The van der Waals surface area contributed by atoms with Crippen molar-refractivity contribution in [1.29, 1.82) is 0 Å². The number of hydrogen-bond donors (Lipinski definition) is 0. The van der Waals surface area contributed by atoms with Crippen molar-refractivity contribution in [1.82, 2.24) is 0 Å². The van der Waals surface area contributed by atoms with Crippen LogP contribution in [0.1, 0.15) is 18.4 Å². The van der Waals surface area contributed by atoms with Gasteiger partial charge in [0.1, 0.15) is 12.1 Å². The Labute approximate surface area is 173 Å². The van der Waals surface area contributed by atoms with Gasteiger partial charge >= 0.3 is 0 Å². The van der Waals surface area contributed by atoms with Gasteiger partial charge in [-0.2, -0.15) is 0 Å². The topological polar surface area (TPSA) is 72.7 Å². The number of carbonyl (C=O) groups is 1. The second-order valence-corrected chi connectivity index (χ2v) is 8.24. The van der Waals surface area contributed by atoms with E-state index in [4.69, 9.17) is 4.84 Å². The Morgan fingerprint density at radius 1 is 1.11 bits per heavy atom. The number of benzene rings is 2. The van der Waals surface area contributed by atoms with Crippen LogP contribution >= 0.6 is 31.9 Å². The highest BCUT2D eigenvalue weighted by molar-refractivity contribution is 9.10. The average molecular weight is 498 g/mol. The van der Waals surface area contributed by atoms with Crippen molar-refractivity contribution in [2.45, 2.75) is 37.5 Å². The minimum atomic E-state index is -0.859. The monoisotopic (exact) mass is 496 g/mol. The summed E-state index contributed by atoms with van der Waals surface area (Å²) in [7, 11) is 0. The van der Waals surface area contributed by atoms with E-state index in [1.165, 1.54) is 0 Å². The molecule has 1 heterocycles. The Balaban J connectivity index is 1.89. The van der Waals surface area contributed by atoms with Gasteiger partial charge in [-0.05, 0) is 54.8 Å². The number of rotatable bonds is 6. The Morgan fingerprint density at radius 3 is 2.26 bits per heavy atom. The first kappa shape index (κ1) is 20.0. The molecule has 1 aliphatic rings. The summed E-state index contributed by atoms with van der Waals surface area (Å²) in [4.78, 5) is 28.7. The van der Waals surface area contributed by atoms with E-state index in [2.05, 4.69) is 31.9 Å². The van der Waals surface area contributed by atoms with Gasteiger partial charge in [0.25, 0.3) is 0 Å². The maximum atomic E-state index is 11.9. The molecule has 0 spiro atoms. The second kappa shape index (κ2) is 8.95. The molecule has 1 unspecified atom stereocenters. The number of anilines is 1. The molecule has 1 fully saturated rings. The zero-order valence-corrected chi connectivity index (χ0v) is 17.5. The average Bonchev–Trinajstić information content (AvgIpc) is 2.67. The van der Waals surface area contributed by atoms with Gasteiger partial charge in [0.2, 0.25) is 6.04 Å². The van der Waals surface area contributed by atoms with Crippen molar-refractivity contribution in [3.05, 3.63) is 73.2 Å². The normalized spacial score (nSPS) is 20.9. The van der Waals surface area contributed by atoms with Crippen LogP contribution in [0.5, 0.6) is 0 Å². The Kier molecular flexibility index (Phi) is 6.62. The summed E-state index contributed by atoms with van der Waals surface area (Å²) in [5.41, 5.74) is 1.57. The van der Waals surface area contributed by atoms with E-state index in [-0.39, 0.29) is 11.3 Å². The molecule has 1 saturated heterocycles. The molecular weight excluding hydrogens is 480 g/mol. The van der Waals surface area contributed by atoms with E-state index >= 15 is 0 Å². The first-order valence-electron chi connectivity index (χ1n) is 8.52. The highest BCUT2D eigenvalue weighted by atomic mass is 79.9. The lowest BCUT2D eigenvalue weighted by Gasteiger charge is -2.39. The van der Waals surface area contributed by atoms with E-state index in [0.717, 1.165) is 20.8 Å². The lowest BCUT2D eigenvalue weighted by Crippen LogP contribution is -2.53. The van der Waals surface area contributed by atoms with Crippen LogP contribution in [0.4, 0.5) is 5.69 Å². The van der Waals surface area contributed by atoms with E-state index in [1.54, 1.807) is 5.06 Å². The molecule has 142 valence electrons. The summed E-state index contributed by atoms with van der Waals surface area (Å²) in [6.45, 7) is 0. The smallest absolute Gasteiger partial charge is 0.239 e. The summed E-state index contributed by atoms with van der Waals surface area (Å²) in [6, 6.07) is 13.5. The lowest BCUT2D eigenvalue weighted by atomic mass is 9.93. The van der Waals surface area contributed by atoms with E-state index < -0.39 is 18.2 Å². The van der Waals surface area contributed by atoms with Gasteiger partial charge in [0.05, 0.1) is 5.69 Å². The van der Waals surface area contributed by atoms with Crippen LogP contribution in [-0.4, -0.2) is 29.4 Å². The molecule has 0 bridgehead atoms.